The van der Waals surface area contributed by atoms with Crippen LogP contribution in [0.4, 0.5) is 9.59 Å². The number of nitrogens with one attached hydrogen (secondary N) is 1. The van der Waals surface area contributed by atoms with E-state index < -0.39 is 35.4 Å². The molecule has 1 heterocycles. The highest BCUT2D eigenvalue weighted by Crippen LogP contribution is 2.12. The van der Waals surface area contributed by atoms with Crippen LogP contribution in [0.1, 0.15) is 47.1 Å². The van der Waals surface area contributed by atoms with Gasteiger partial charge in [0.2, 0.25) is 0 Å². The van der Waals surface area contributed by atoms with Crippen molar-refractivity contribution in [1.29, 1.82) is 0 Å². The quantitative estimate of drug-likeness (QED) is 0.648. The summed E-state index contributed by atoms with van der Waals surface area (Å²) in [6, 6.07) is 0.723. The minimum absolute atomic E-state index is 0.141. The normalized spacial score (nSPS) is 12.9. The summed E-state index contributed by atoms with van der Waals surface area (Å²) in [6.45, 7) is 10.5. The first-order valence-corrected chi connectivity index (χ1v) is 8.28. The lowest BCUT2D eigenvalue weighted by molar-refractivity contribution is -0.143. The lowest BCUT2D eigenvalue weighted by Gasteiger charge is -2.22. The SMILES string of the molecule is COC(=O)C(Cc1ccn(C(=O)OC(C)(C)C)c1)NC(=O)OC(C)(C)C. The predicted octanol–water partition coefficient (Wildman–Crippen LogP) is 2.88. The van der Waals surface area contributed by atoms with E-state index in [0.29, 0.717) is 5.56 Å². The third kappa shape index (κ3) is 7.58. The summed E-state index contributed by atoms with van der Waals surface area (Å²) in [5.74, 6) is -0.610. The number of alkyl carbamates (subject to hydrolysis) is 1. The minimum Gasteiger partial charge on any atom is -0.467 e. The maximum absolute atomic E-state index is 12.0. The van der Waals surface area contributed by atoms with Gasteiger partial charge in [0.25, 0.3) is 0 Å². The molecule has 8 nitrogen and oxygen atoms in total. The summed E-state index contributed by atoms with van der Waals surface area (Å²) >= 11 is 0. The van der Waals surface area contributed by atoms with Crippen molar-refractivity contribution in [3.05, 3.63) is 24.0 Å². The molecule has 0 spiro atoms. The summed E-state index contributed by atoms with van der Waals surface area (Å²) in [5, 5.41) is 2.49. The fourth-order valence-corrected chi connectivity index (χ4v) is 2.01. The molecule has 0 bridgehead atoms. The largest absolute Gasteiger partial charge is 0.467 e. The molecule has 1 aromatic heterocycles. The van der Waals surface area contributed by atoms with Crippen molar-refractivity contribution >= 4 is 18.2 Å². The predicted molar refractivity (Wildman–Crippen MR) is 94.9 cm³/mol. The van der Waals surface area contributed by atoms with Crippen LogP contribution >= 0.6 is 0 Å². The van der Waals surface area contributed by atoms with E-state index in [1.54, 1.807) is 53.8 Å². The monoisotopic (exact) mass is 368 g/mol. The van der Waals surface area contributed by atoms with Crippen LogP contribution in [-0.4, -0.2) is 47.1 Å². The van der Waals surface area contributed by atoms with Gasteiger partial charge in [-0.1, -0.05) is 0 Å². The Balaban J connectivity index is 2.82. The number of nitrogens with zero attached hydrogens (tertiary/aromatic N) is 1. The van der Waals surface area contributed by atoms with Crippen molar-refractivity contribution in [1.82, 2.24) is 9.88 Å². The first kappa shape index (κ1) is 21.5. The Morgan fingerprint density at radius 2 is 1.65 bits per heavy atom. The topological polar surface area (TPSA) is 95.9 Å². The molecule has 0 aromatic carbocycles. The van der Waals surface area contributed by atoms with Crippen LogP contribution in [0.2, 0.25) is 0 Å². The first-order valence-electron chi connectivity index (χ1n) is 8.28. The van der Waals surface area contributed by atoms with Gasteiger partial charge in [-0.15, -0.1) is 0 Å². The molecule has 0 fully saturated rings. The van der Waals surface area contributed by atoms with Crippen molar-refractivity contribution in [2.75, 3.05) is 7.11 Å². The maximum atomic E-state index is 12.0. The molecule has 8 heteroatoms. The Hall–Kier alpha value is -2.51. The number of aromatic nitrogens is 1. The molecular formula is C18H28N2O6. The molecule has 1 aromatic rings. The van der Waals surface area contributed by atoms with E-state index in [9.17, 15) is 14.4 Å². The molecule has 0 aliphatic heterocycles. The molecule has 1 atom stereocenters. The van der Waals surface area contributed by atoms with E-state index >= 15 is 0 Å². The van der Waals surface area contributed by atoms with Crippen LogP contribution in [0.5, 0.6) is 0 Å². The van der Waals surface area contributed by atoms with Crippen molar-refractivity contribution < 1.29 is 28.6 Å². The van der Waals surface area contributed by atoms with Gasteiger partial charge in [-0.2, -0.15) is 0 Å². The third-order valence-corrected chi connectivity index (χ3v) is 2.97. The molecule has 146 valence electrons. The number of methoxy groups -OCH3 is 1. The molecule has 0 saturated heterocycles. The van der Waals surface area contributed by atoms with E-state index in [1.807, 2.05) is 0 Å². The van der Waals surface area contributed by atoms with Crippen LogP contribution in [-0.2, 0) is 25.4 Å². The number of amides is 1. The number of rotatable bonds is 4. The molecule has 0 aliphatic rings. The van der Waals surface area contributed by atoms with Gasteiger partial charge in [-0.05, 0) is 53.2 Å². The Kier molecular flexibility index (Phi) is 6.83. The van der Waals surface area contributed by atoms with E-state index in [2.05, 4.69) is 5.32 Å². The summed E-state index contributed by atoms with van der Waals surface area (Å²) in [7, 11) is 1.23. The van der Waals surface area contributed by atoms with Gasteiger partial charge in [-0.3, -0.25) is 4.57 Å². The zero-order valence-corrected chi connectivity index (χ0v) is 16.4. The molecular weight excluding hydrogens is 340 g/mol. The summed E-state index contributed by atoms with van der Waals surface area (Å²) in [6.07, 6.45) is 1.96. The Morgan fingerprint density at radius 3 is 2.15 bits per heavy atom. The average molecular weight is 368 g/mol. The molecule has 1 rings (SSSR count). The molecule has 1 unspecified atom stereocenters. The van der Waals surface area contributed by atoms with Crippen LogP contribution in [0.15, 0.2) is 18.5 Å². The second kappa shape index (κ2) is 8.25. The minimum atomic E-state index is -0.940. The Labute approximate surface area is 153 Å². The van der Waals surface area contributed by atoms with E-state index in [1.165, 1.54) is 17.9 Å². The molecule has 0 radical (unpaired) electrons. The fourth-order valence-electron chi connectivity index (χ4n) is 2.01. The van der Waals surface area contributed by atoms with Gasteiger partial charge >= 0.3 is 18.2 Å². The van der Waals surface area contributed by atoms with Gasteiger partial charge in [-0.25, -0.2) is 14.4 Å². The van der Waals surface area contributed by atoms with Crippen LogP contribution in [0.3, 0.4) is 0 Å². The Bertz CT molecular complexity index is 651. The second-order valence-corrected chi connectivity index (χ2v) is 7.83. The van der Waals surface area contributed by atoms with Crippen LogP contribution in [0.25, 0.3) is 0 Å². The average Bonchev–Trinajstić information content (AvgIpc) is 2.90. The second-order valence-electron chi connectivity index (χ2n) is 7.83. The van der Waals surface area contributed by atoms with Gasteiger partial charge in [0.15, 0.2) is 0 Å². The molecule has 0 saturated carbocycles. The smallest absolute Gasteiger partial charge is 0.418 e. The number of ether oxygens (including phenoxy) is 3. The van der Waals surface area contributed by atoms with Gasteiger partial charge in [0.1, 0.15) is 17.2 Å². The number of hydrogen-bond acceptors (Lipinski definition) is 6. The number of carbonyl (C=O) groups is 3. The lowest BCUT2D eigenvalue weighted by Crippen LogP contribution is -2.45. The fraction of sp³-hybridized carbons (Fsp3) is 0.611. The van der Waals surface area contributed by atoms with Crippen molar-refractivity contribution in [2.24, 2.45) is 0 Å². The molecule has 1 N–H and O–H groups in total. The summed E-state index contributed by atoms with van der Waals surface area (Å²) in [5.41, 5.74) is -0.651. The van der Waals surface area contributed by atoms with Gasteiger partial charge in [0, 0.05) is 18.8 Å². The zero-order chi connectivity index (χ0) is 20.1. The number of carbonyl (C=O) groups excluding carboxylic acids is 3. The van der Waals surface area contributed by atoms with Gasteiger partial charge < -0.3 is 19.5 Å². The zero-order valence-electron chi connectivity index (χ0n) is 16.4. The highest BCUT2D eigenvalue weighted by atomic mass is 16.6. The third-order valence-electron chi connectivity index (χ3n) is 2.97. The van der Waals surface area contributed by atoms with Crippen molar-refractivity contribution in [3.63, 3.8) is 0 Å². The highest BCUT2D eigenvalue weighted by molar-refractivity contribution is 5.81. The molecule has 1 amide bonds. The standard InChI is InChI=1S/C18H28N2O6/c1-17(2,3)25-15(22)19-13(14(21)24-7)10-12-8-9-20(11-12)16(23)26-18(4,5)6/h8-9,11,13H,10H2,1-7H3,(H,19,22). The van der Waals surface area contributed by atoms with Crippen molar-refractivity contribution in [3.8, 4) is 0 Å². The summed E-state index contributed by atoms with van der Waals surface area (Å²) < 4.78 is 16.4. The summed E-state index contributed by atoms with van der Waals surface area (Å²) in [4.78, 5) is 35.9. The van der Waals surface area contributed by atoms with Gasteiger partial charge in [0.05, 0.1) is 7.11 Å². The molecule has 0 aliphatic carbocycles. The lowest BCUT2D eigenvalue weighted by atomic mass is 10.1. The van der Waals surface area contributed by atoms with E-state index in [0.717, 1.165) is 0 Å². The van der Waals surface area contributed by atoms with Crippen molar-refractivity contribution in [2.45, 2.75) is 65.2 Å². The van der Waals surface area contributed by atoms with E-state index in [4.69, 9.17) is 14.2 Å². The molecule has 26 heavy (non-hydrogen) atoms. The maximum Gasteiger partial charge on any atom is 0.418 e. The number of hydrogen-bond donors (Lipinski definition) is 1. The number of esters is 1. The Morgan fingerprint density at radius 1 is 1.08 bits per heavy atom. The van der Waals surface area contributed by atoms with Crippen LogP contribution in [0, 0.1) is 0 Å². The van der Waals surface area contributed by atoms with Crippen LogP contribution < -0.4 is 5.32 Å². The van der Waals surface area contributed by atoms with E-state index in [-0.39, 0.29) is 6.42 Å². The highest BCUT2D eigenvalue weighted by Gasteiger charge is 2.26. The first-order chi connectivity index (χ1) is 11.8.